The van der Waals surface area contributed by atoms with Crippen molar-refractivity contribution in [2.24, 2.45) is 0 Å². The monoisotopic (exact) mass is 372 g/mol. The Balaban J connectivity index is 1.72. The number of rotatable bonds is 5. The van der Waals surface area contributed by atoms with Gasteiger partial charge in [0.05, 0.1) is 18.2 Å². The number of hydrogen-bond acceptors (Lipinski definition) is 3. The summed E-state index contributed by atoms with van der Waals surface area (Å²) in [6.07, 6.45) is 3.01. The van der Waals surface area contributed by atoms with E-state index in [4.69, 9.17) is 11.6 Å². The summed E-state index contributed by atoms with van der Waals surface area (Å²) >= 11 is 6.02. The van der Waals surface area contributed by atoms with Crippen molar-refractivity contribution in [1.29, 1.82) is 0 Å². The summed E-state index contributed by atoms with van der Waals surface area (Å²) < 4.78 is 15.6. The van der Waals surface area contributed by atoms with E-state index in [1.54, 1.807) is 29.0 Å². The number of benzene rings is 2. The molecule has 0 bridgehead atoms. The van der Waals surface area contributed by atoms with Crippen LogP contribution in [0, 0.1) is 5.82 Å². The molecule has 5 nitrogen and oxygen atoms in total. The van der Waals surface area contributed by atoms with Crippen LogP contribution in [-0.2, 0) is 11.2 Å². The third-order valence-electron chi connectivity index (χ3n) is 4.42. The predicted octanol–water partition coefficient (Wildman–Crippen LogP) is 3.82. The molecule has 0 unspecified atom stereocenters. The quantitative estimate of drug-likeness (QED) is 0.684. The van der Waals surface area contributed by atoms with E-state index < -0.39 is 5.82 Å². The van der Waals surface area contributed by atoms with Crippen LogP contribution in [0.3, 0.4) is 0 Å². The molecule has 2 aromatic carbocycles. The molecule has 3 aromatic rings. The van der Waals surface area contributed by atoms with Gasteiger partial charge >= 0.3 is 0 Å². The highest BCUT2D eigenvalue weighted by Gasteiger charge is 2.20. The summed E-state index contributed by atoms with van der Waals surface area (Å²) in [4.78, 5) is 18.1. The topological polar surface area (TPSA) is 51.0 Å². The van der Waals surface area contributed by atoms with Crippen molar-refractivity contribution >= 4 is 17.5 Å². The van der Waals surface area contributed by atoms with Crippen LogP contribution < -0.4 is 0 Å². The van der Waals surface area contributed by atoms with Gasteiger partial charge in [-0.2, -0.15) is 5.10 Å². The molecule has 0 saturated heterocycles. The van der Waals surface area contributed by atoms with Gasteiger partial charge in [-0.25, -0.2) is 14.1 Å². The summed E-state index contributed by atoms with van der Waals surface area (Å²) in [7, 11) is 1.70. The highest BCUT2D eigenvalue weighted by molar-refractivity contribution is 6.31. The van der Waals surface area contributed by atoms with Crippen molar-refractivity contribution in [3.63, 3.8) is 0 Å². The van der Waals surface area contributed by atoms with Gasteiger partial charge in [0.15, 0.2) is 0 Å². The Morgan fingerprint density at radius 2 is 2.00 bits per heavy atom. The molecule has 0 aliphatic rings. The largest absolute Gasteiger partial charge is 0.339 e. The second-order valence-electron chi connectivity index (χ2n) is 5.99. The molecule has 1 aromatic heterocycles. The molecule has 3 rings (SSSR count). The predicted molar refractivity (Wildman–Crippen MR) is 97.7 cm³/mol. The van der Waals surface area contributed by atoms with Gasteiger partial charge in [0, 0.05) is 17.6 Å². The molecule has 0 aliphatic carbocycles. The summed E-state index contributed by atoms with van der Waals surface area (Å²) in [5, 5.41) is 4.34. The van der Waals surface area contributed by atoms with Crippen LogP contribution in [0.2, 0.25) is 5.02 Å². The molecule has 134 valence electrons. The molecule has 1 heterocycles. The van der Waals surface area contributed by atoms with Gasteiger partial charge in [0.1, 0.15) is 18.5 Å². The number of aromatic nitrogens is 3. The zero-order valence-electron chi connectivity index (χ0n) is 14.4. The van der Waals surface area contributed by atoms with E-state index in [0.29, 0.717) is 0 Å². The SMILES string of the molecule is C[C@@H](c1ccc(-n2cncn2)cc1)N(C)C(=O)Cc1c(F)cccc1Cl. The Morgan fingerprint density at radius 3 is 2.62 bits per heavy atom. The van der Waals surface area contributed by atoms with E-state index in [0.717, 1.165) is 11.3 Å². The highest BCUT2D eigenvalue weighted by Crippen LogP contribution is 2.24. The Morgan fingerprint density at radius 1 is 1.27 bits per heavy atom. The second-order valence-corrected chi connectivity index (χ2v) is 6.40. The van der Waals surface area contributed by atoms with E-state index in [1.165, 1.54) is 18.5 Å². The summed E-state index contributed by atoms with van der Waals surface area (Å²) in [6.45, 7) is 1.92. The first-order chi connectivity index (χ1) is 12.5. The maximum absolute atomic E-state index is 13.9. The number of hydrogen-bond donors (Lipinski definition) is 0. The Bertz CT molecular complexity index is 876. The van der Waals surface area contributed by atoms with Crippen LogP contribution in [0.4, 0.5) is 4.39 Å². The second kappa shape index (κ2) is 7.66. The van der Waals surface area contributed by atoms with Crippen LogP contribution in [0.5, 0.6) is 0 Å². The lowest BCUT2D eigenvalue weighted by atomic mass is 10.1. The zero-order chi connectivity index (χ0) is 18.7. The summed E-state index contributed by atoms with van der Waals surface area (Å²) in [6, 6.07) is 11.9. The van der Waals surface area contributed by atoms with Crippen molar-refractivity contribution < 1.29 is 9.18 Å². The maximum atomic E-state index is 13.9. The molecule has 0 radical (unpaired) electrons. The van der Waals surface area contributed by atoms with E-state index >= 15 is 0 Å². The van der Waals surface area contributed by atoms with Crippen molar-refractivity contribution in [2.45, 2.75) is 19.4 Å². The van der Waals surface area contributed by atoms with E-state index in [9.17, 15) is 9.18 Å². The molecule has 0 fully saturated rings. The number of nitrogens with zero attached hydrogens (tertiary/aromatic N) is 4. The van der Waals surface area contributed by atoms with Crippen LogP contribution in [0.1, 0.15) is 24.1 Å². The first-order valence-electron chi connectivity index (χ1n) is 8.11. The molecule has 26 heavy (non-hydrogen) atoms. The fourth-order valence-corrected chi connectivity index (χ4v) is 2.89. The molecule has 0 aliphatic heterocycles. The van der Waals surface area contributed by atoms with Gasteiger partial charge in [-0.3, -0.25) is 4.79 Å². The molecule has 1 atom stereocenters. The third-order valence-corrected chi connectivity index (χ3v) is 4.78. The van der Waals surface area contributed by atoms with Gasteiger partial charge in [-0.05, 0) is 36.8 Å². The van der Waals surface area contributed by atoms with Gasteiger partial charge < -0.3 is 4.90 Å². The van der Waals surface area contributed by atoms with Crippen LogP contribution in [-0.4, -0.2) is 32.6 Å². The Kier molecular flexibility index (Phi) is 5.32. The van der Waals surface area contributed by atoms with Crippen molar-refractivity contribution in [3.05, 3.63) is 77.1 Å². The number of carbonyl (C=O) groups excluding carboxylic acids is 1. The smallest absolute Gasteiger partial charge is 0.227 e. The lowest BCUT2D eigenvalue weighted by Crippen LogP contribution is -2.31. The Labute approximate surface area is 156 Å². The lowest BCUT2D eigenvalue weighted by molar-refractivity contribution is -0.131. The summed E-state index contributed by atoms with van der Waals surface area (Å²) in [5.74, 6) is -0.672. The minimum Gasteiger partial charge on any atom is -0.339 e. The number of carbonyl (C=O) groups is 1. The van der Waals surface area contributed by atoms with Gasteiger partial charge in [0.2, 0.25) is 5.91 Å². The first-order valence-corrected chi connectivity index (χ1v) is 8.48. The fraction of sp³-hybridized carbons (Fsp3) is 0.211. The molecule has 7 heteroatoms. The van der Waals surface area contributed by atoms with E-state index in [2.05, 4.69) is 10.1 Å². The van der Waals surface area contributed by atoms with E-state index in [1.807, 2.05) is 31.2 Å². The normalized spacial score (nSPS) is 12.0. The highest BCUT2D eigenvalue weighted by atomic mass is 35.5. The lowest BCUT2D eigenvalue weighted by Gasteiger charge is -2.26. The van der Waals surface area contributed by atoms with Gasteiger partial charge in [0.25, 0.3) is 0 Å². The van der Waals surface area contributed by atoms with E-state index in [-0.39, 0.29) is 29.0 Å². The molecular weight excluding hydrogens is 355 g/mol. The molecule has 0 saturated carbocycles. The van der Waals surface area contributed by atoms with Crippen LogP contribution >= 0.6 is 11.6 Å². The molecule has 0 N–H and O–H groups in total. The fourth-order valence-electron chi connectivity index (χ4n) is 2.66. The van der Waals surface area contributed by atoms with Crippen molar-refractivity contribution in [2.75, 3.05) is 7.05 Å². The number of halogens is 2. The number of amides is 1. The van der Waals surface area contributed by atoms with Crippen LogP contribution in [0.25, 0.3) is 5.69 Å². The summed E-state index contributed by atoms with van der Waals surface area (Å²) in [5.41, 5.74) is 2.06. The average molecular weight is 373 g/mol. The van der Waals surface area contributed by atoms with Crippen LogP contribution in [0.15, 0.2) is 55.1 Å². The van der Waals surface area contributed by atoms with Crippen molar-refractivity contribution in [3.8, 4) is 5.69 Å². The third kappa shape index (κ3) is 3.75. The van der Waals surface area contributed by atoms with Crippen molar-refractivity contribution in [1.82, 2.24) is 19.7 Å². The standard InChI is InChI=1S/C19H18ClFN4O/c1-13(14-6-8-15(9-7-14)25-12-22-11-23-25)24(2)19(26)10-16-17(20)4-3-5-18(16)21/h3-9,11-13H,10H2,1-2H3/t13-/m0/s1. The Hall–Kier alpha value is -2.73. The maximum Gasteiger partial charge on any atom is 0.227 e. The molecule has 0 spiro atoms. The van der Waals surface area contributed by atoms with Gasteiger partial charge in [-0.15, -0.1) is 0 Å². The first kappa shape index (κ1) is 18.1. The van der Waals surface area contributed by atoms with Gasteiger partial charge in [-0.1, -0.05) is 29.8 Å². The average Bonchev–Trinajstić information content (AvgIpc) is 3.18. The molecule has 1 amide bonds. The minimum absolute atomic E-state index is 0.0800. The zero-order valence-corrected chi connectivity index (χ0v) is 15.2. The number of likely N-dealkylation sites (N-methyl/N-ethyl adjacent to an activating group) is 1. The molecular formula is C19H18ClFN4O. The minimum atomic E-state index is -0.468.